The highest BCUT2D eigenvalue weighted by atomic mass is 15.1. The number of hydrogen-bond donors (Lipinski definition) is 1. The van der Waals surface area contributed by atoms with E-state index in [0.29, 0.717) is 12.0 Å². The predicted molar refractivity (Wildman–Crippen MR) is 93.8 cm³/mol. The van der Waals surface area contributed by atoms with E-state index in [2.05, 4.69) is 83.1 Å². The Kier molecular flexibility index (Phi) is 6.89. The highest BCUT2D eigenvalue weighted by Crippen LogP contribution is 2.17. The standard InChI is InChI=1S/C19H34N2/c1-8-16(3)21(7)14-17-9-11-18(12-10-17)15(2)13-20-19(4,5)6/h9-12,15-16,20H,8,13-14H2,1-7H3. The molecule has 1 aromatic rings. The molecule has 0 fully saturated rings. The second-order valence-electron chi connectivity index (χ2n) is 7.45. The summed E-state index contributed by atoms with van der Waals surface area (Å²) in [4.78, 5) is 2.42. The Balaban J connectivity index is 2.57. The molecule has 0 bridgehead atoms. The summed E-state index contributed by atoms with van der Waals surface area (Å²) < 4.78 is 0. The first-order chi connectivity index (χ1) is 9.73. The summed E-state index contributed by atoms with van der Waals surface area (Å²) in [7, 11) is 2.21. The molecule has 0 amide bonds. The molecule has 2 nitrogen and oxygen atoms in total. The van der Waals surface area contributed by atoms with Gasteiger partial charge in [0.2, 0.25) is 0 Å². The normalized spacial score (nSPS) is 15.2. The van der Waals surface area contributed by atoms with Crippen LogP contribution in [0.4, 0.5) is 0 Å². The number of nitrogens with one attached hydrogen (secondary N) is 1. The third-order valence-electron chi connectivity index (χ3n) is 4.26. The van der Waals surface area contributed by atoms with Crippen LogP contribution in [0.15, 0.2) is 24.3 Å². The highest BCUT2D eigenvalue weighted by molar-refractivity contribution is 5.25. The Morgan fingerprint density at radius 2 is 1.67 bits per heavy atom. The number of nitrogens with zero attached hydrogens (tertiary/aromatic N) is 1. The van der Waals surface area contributed by atoms with Gasteiger partial charge in [0.25, 0.3) is 0 Å². The lowest BCUT2D eigenvalue weighted by Crippen LogP contribution is -2.38. The van der Waals surface area contributed by atoms with Crippen molar-refractivity contribution in [2.24, 2.45) is 0 Å². The van der Waals surface area contributed by atoms with Crippen molar-refractivity contribution < 1.29 is 0 Å². The molecule has 0 heterocycles. The van der Waals surface area contributed by atoms with Gasteiger partial charge in [-0.3, -0.25) is 4.90 Å². The fourth-order valence-electron chi connectivity index (χ4n) is 2.28. The molecule has 0 spiro atoms. The van der Waals surface area contributed by atoms with E-state index in [0.717, 1.165) is 13.1 Å². The van der Waals surface area contributed by atoms with Crippen molar-refractivity contribution in [1.29, 1.82) is 0 Å². The second kappa shape index (κ2) is 7.95. The predicted octanol–water partition coefficient (Wildman–Crippen LogP) is 4.41. The zero-order valence-electron chi connectivity index (χ0n) is 15.0. The van der Waals surface area contributed by atoms with Crippen LogP contribution in [0.25, 0.3) is 0 Å². The summed E-state index contributed by atoms with van der Waals surface area (Å²) >= 11 is 0. The molecule has 0 radical (unpaired) electrons. The third kappa shape index (κ3) is 6.62. The average Bonchev–Trinajstić information content (AvgIpc) is 2.43. The molecule has 0 aliphatic carbocycles. The van der Waals surface area contributed by atoms with Crippen LogP contribution in [0.2, 0.25) is 0 Å². The summed E-state index contributed by atoms with van der Waals surface area (Å²) in [6.07, 6.45) is 1.20. The van der Waals surface area contributed by atoms with E-state index in [1.165, 1.54) is 17.5 Å². The molecule has 21 heavy (non-hydrogen) atoms. The molecule has 0 saturated carbocycles. The van der Waals surface area contributed by atoms with Gasteiger partial charge in [-0.25, -0.2) is 0 Å². The zero-order valence-corrected chi connectivity index (χ0v) is 15.0. The molecule has 0 aliphatic heterocycles. The molecular formula is C19H34N2. The third-order valence-corrected chi connectivity index (χ3v) is 4.26. The van der Waals surface area contributed by atoms with Crippen LogP contribution < -0.4 is 5.32 Å². The molecule has 0 saturated heterocycles. The minimum Gasteiger partial charge on any atom is -0.311 e. The second-order valence-corrected chi connectivity index (χ2v) is 7.45. The first-order valence-electron chi connectivity index (χ1n) is 8.27. The van der Waals surface area contributed by atoms with Crippen molar-refractivity contribution in [3.8, 4) is 0 Å². The monoisotopic (exact) mass is 290 g/mol. The molecule has 2 atom stereocenters. The SMILES string of the molecule is CCC(C)N(C)Cc1ccc(C(C)CNC(C)(C)C)cc1. The molecule has 2 heteroatoms. The van der Waals surface area contributed by atoms with Gasteiger partial charge in [0.1, 0.15) is 0 Å². The Labute approximate surface area is 131 Å². The average molecular weight is 290 g/mol. The van der Waals surface area contributed by atoms with E-state index in [1.807, 2.05) is 0 Å². The first-order valence-corrected chi connectivity index (χ1v) is 8.27. The molecular weight excluding hydrogens is 256 g/mol. The van der Waals surface area contributed by atoms with Crippen molar-refractivity contribution in [3.05, 3.63) is 35.4 Å². The summed E-state index contributed by atoms with van der Waals surface area (Å²) in [6, 6.07) is 9.77. The lowest BCUT2D eigenvalue weighted by molar-refractivity contribution is 0.244. The maximum Gasteiger partial charge on any atom is 0.0233 e. The van der Waals surface area contributed by atoms with Crippen molar-refractivity contribution >= 4 is 0 Å². The number of hydrogen-bond acceptors (Lipinski definition) is 2. The number of benzene rings is 1. The summed E-state index contributed by atoms with van der Waals surface area (Å²) in [5.41, 5.74) is 3.01. The lowest BCUT2D eigenvalue weighted by Gasteiger charge is -2.25. The Hall–Kier alpha value is -0.860. The fourth-order valence-corrected chi connectivity index (χ4v) is 2.28. The van der Waals surface area contributed by atoms with E-state index >= 15 is 0 Å². The maximum atomic E-state index is 3.58. The zero-order chi connectivity index (χ0) is 16.0. The van der Waals surface area contributed by atoms with Crippen LogP contribution in [0.1, 0.15) is 65.0 Å². The van der Waals surface area contributed by atoms with Gasteiger partial charge in [-0.05, 0) is 58.2 Å². The first kappa shape index (κ1) is 18.2. The van der Waals surface area contributed by atoms with Crippen molar-refractivity contribution in [3.63, 3.8) is 0 Å². The van der Waals surface area contributed by atoms with Crippen LogP contribution in [0.5, 0.6) is 0 Å². The summed E-state index contributed by atoms with van der Waals surface area (Å²) in [5.74, 6) is 0.547. The van der Waals surface area contributed by atoms with Crippen molar-refractivity contribution in [2.45, 2.75) is 72.0 Å². The molecule has 0 aliphatic rings. The lowest BCUT2D eigenvalue weighted by atomic mass is 9.98. The van der Waals surface area contributed by atoms with Crippen LogP contribution in [-0.4, -0.2) is 30.1 Å². The topological polar surface area (TPSA) is 15.3 Å². The van der Waals surface area contributed by atoms with Gasteiger partial charge >= 0.3 is 0 Å². The van der Waals surface area contributed by atoms with E-state index < -0.39 is 0 Å². The minimum atomic E-state index is 0.188. The van der Waals surface area contributed by atoms with Crippen LogP contribution >= 0.6 is 0 Å². The van der Waals surface area contributed by atoms with Crippen LogP contribution in [-0.2, 0) is 6.54 Å². The smallest absolute Gasteiger partial charge is 0.0233 e. The van der Waals surface area contributed by atoms with Crippen molar-refractivity contribution in [2.75, 3.05) is 13.6 Å². The molecule has 2 unspecified atom stereocenters. The number of rotatable bonds is 7. The van der Waals surface area contributed by atoms with Gasteiger partial charge in [0.05, 0.1) is 0 Å². The largest absolute Gasteiger partial charge is 0.311 e. The molecule has 1 rings (SSSR count). The van der Waals surface area contributed by atoms with Gasteiger partial charge in [0.15, 0.2) is 0 Å². The van der Waals surface area contributed by atoms with E-state index in [9.17, 15) is 0 Å². The van der Waals surface area contributed by atoms with E-state index in [-0.39, 0.29) is 5.54 Å². The molecule has 1 N–H and O–H groups in total. The van der Waals surface area contributed by atoms with Gasteiger partial charge in [-0.15, -0.1) is 0 Å². The molecule has 1 aromatic carbocycles. The van der Waals surface area contributed by atoms with Crippen LogP contribution in [0, 0.1) is 0 Å². The van der Waals surface area contributed by atoms with Gasteiger partial charge in [-0.1, -0.05) is 38.1 Å². The molecule has 120 valence electrons. The molecule has 0 aromatic heterocycles. The highest BCUT2D eigenvalue weighted by Gasteiger charge is 2.13. The summed E-state index contributed by atoms with van der Waals surface area (Å²) in [6.45, 7) is 15.5. The van der Waals surface area contributed by atoms with Gasteiger partial charge in [-0.2, -0.15) is 0 Å². The summed E-state index contributed by atoms with van der Waals surface area (Å²) in [5, 5.41) is 3.58. The van der Waals surface area contributed by atoms with E-state index in [4.69, 9.17) is 0 Å². The van der Waals surface area contributed by atoms with E-state index in [1.54, 1.807) is 0 Å². The Morgan fingerprint density at radius 3 is 2.14 bits per heavy atom. The Morgan fingerprint density at radius 1 is 1.10 bits per heavy atom. The Bertz CT molecular complexity index is 403. The van der Waals surface area contributed by atoms with Gasteiger partial charge in [0, 0.05) is 24.7 Å². The fraction of sp³-hybridized carbons (Fsp3) is 0.684. The quantitative estimate of drug-likeness (QED) is 0.800. The maximum absolute atomic E-state index is 3.58. The van der Waals surface area contributed by atoms with Crippen molar-refractivity contribution in [1.82, 2.24) is 10.2 Å². The minimum absolute atomic E-state index is 0.188. The van der Waals surface area contributed by atoms with Gasteiger partial charge < -0.3 is 5.32 Å². The van der Waals surface area contributed by atoms with Crippen LogP contribution in [0.3, 0.4) is 0 Å².